The molecule has 0 bridgehead atoms. The van der Waals surface area contributed by atoms with Gasteiger partial charge < -0.3 is 14.6 Å². The highest BCUT2D eigenvalue weighted by Gasteiger charge is 2.25. The predicted octanol–water partition coefficient (Wildman–Crippen LogP) is 1.83. The van der Waals surface area contributed by atoms with E-state index in [0.717, 1.165) is 30.2 Å². The molecule has 3 rings (SSSR count). The number of nitrogens with zero attached hydrogens (tertiary/aromatic N) is 3. The molecule has 0 aliphatic heterocycles. The Labute approximate surface area is 111 Å². The molecule has 0 atom stereocenters. The number of rotatable bonds is 5. The van der Waals surface area contributed by atoms with Crippen LogP contribution in [-0.2, 0) is 6.54 Å². The first kappa shape index (κ1) is 12.2. The molecule has 5 heteroatoms. The smallest absolute Gasteiger partial charge is 0.335 e. The fraction of sp³-hybridized carbons (Fsp3) is 0.429. The van der Waals surface area contributed by atoms with Crippen LogP contribution in [0.1, 0.15) is 23.2 Å². The Balaban J connectivity index is 1.81. The predicted molar refractivity (Wildman–Crippen MR) is 72.3 cm³/mol. The van der Waals surface area contributed by atoms with E-state index in [1.54, 1.807) is 24.5 Å². The number of hydrogen-bond donors (Lipinski definition) is 1. The van der Waals surface area contributed by atoms with Crippen molar-refractivity contribution < 1.29 is 9.90 Å². The summed E-state index contributed by atoms with van der Waals surface area (Å²) in [6.45, 7) is 1.81. The Hall–Kier alpha value is -1.88. The first-order chi connectivity index (χ1) is 9.15. The molecule has 1 saturated carbocycles. The number of likely N-dealkylation sites (N-methyl/N-ethyl adjacent to an activating group) is 1. The molecule has 0 radical (unpaired) electrons. The van der Waals surface area contributed by atoms with E-state index in [1.165, 1.54) is 12.8 Å². The van der Waals surface area contributed by atoms with Gasteiger partial charge in [0, 0.05) is 19.1 Å². The minimum absolute atomic E-state index is 0.310. The van der Waals surface area contributed by atoms with Gasteiger partial charge in [-0.05, 0) is 38.1 Å². The largest absolute Gasteiger partial charge is 0.478 e. The molecule has 1 aliphatic carbocycles. The Kier molecular flexibility index (Phi) is 2.98. The average molecular weight is 259 g/mol. The van der Waals surface area contributed by atoms with E-state index in [-0.39, 0.29) is 0 Å². The van der Waals surface area contributed by atoms with Gasteiger partial charge in [0.15, 0.2) is 0 Å². The van der Waals surface area contributed by atoms with Crippen molar-refractivity contribution in [2.24, 2.45) is 0 Å². The first-order valence-corrected chi connectivity index (χ1v) is 6.53. The van der Waals surface area contributed by atoms with Crippen molar-refractivity contribution in [1.29, 1.82) is 0 Å². The van der Waals surface area contributed by atoms with Crippen molar-refractivity contribution in [3.05, 3.63) is 30.1 Å². The summed E-state index contributed by atoms with van der Waals surface area (Å²) in [5.74, 6) is -0.898. The second-order valence-corrected chi connectivity index (χ2v) is 5.16. The van der Waals surface area contributed by atoms with Gasteiger partial charge in [-0.1, -0.05) is 0 Å². The number of carbonyl (C=O) groups is 1. The lowest BCUT2D eigenvalue weighted by atomic mass is 10.2. The van der Waals surface area contributed by atoms with Gasteiger partial charge in [-0.2, -0.15) is 0 Å². The minimum Gasteiger partial charge on any atom is -0.478 e. The van der Waals surface area contributed by atoms with Crippen LogP contribution in [0.5, 0.6) is 0 Å². The lowest BCUT2D eigenvalue weighted by Crippen LogP contribution is -2.25. The molecule has 5 nitrogen and oxygen atoms in total. The molecule has 1 aliphatic rings. The average Bonchev–Trinajstić information content (AvgIpc) is 3.17. The van der Waals surface area contributed by atoms with Gasteiger partial charge in [-0.25, -0.2) is 9.78 Å². The number of imidazole rings is 1. The number of aromatic nitrogens is 2. The molecule has 1 N–H and O–H groups in total. The second-order valence-electron chi connectivity index (χ2n) is 5.16. The molecule has 1 aromatic carbocycles. The van der Waals surface area contributed by atoms with Gasteiger partial charge in [0.05, 0.1) is 22.9 Å². The zero-order chi connectivity index (χ0) is 13.4. The number of carboxylic acids is 1. The summed E-state index contributed by atoms with van der Waals surface area (Å²) < 4.78 is 2.03. The third kappa shape index (κ3) is 2.46. The Morgan fingerprint density at radius 2 is 2.32 bits per heavy atom. The summed E-state index contributed by atoms with van der Waals surface area (Å²) in [6, 6.07) is 5.80. The molecule has 0 spiro atoms. The van der Waals surface area contributed by atoms with Crippen LogP contribution in [-0.4, -0.2) is 45.2 Å². The van der Waals surface area contributed by atoms with Gasteiger partial charge >= 0.3 is 5.97 Å². The minimum atomic E-state index is -0.898. The van der Waals surface area contributed by atoms with Gasteiger partial charge in [0.1, 0.15) is 0 Å². The van der Waals surface area contributed by atoms with E-state index in [0.29, 0.717) is 5.56 Å². The van der Waals surface area contributed by atoms with Crippen LogP contribution >= 0.6 is 0 Å². The van der Waals surface area contributed by atoms with Gasteiger partial charge in [-0.3, -0.25) is 0 Å². The molecular formula is C14H17N3O2. The van der Waals surface area contributed by atoms with Gasteiger partial charge in [-0.15, -0.1) is 0 Å². The number of fused-ring (bicyclic) bond motifs is 1. The van der Waals surface area contributed by atoms with E-state index in [2.05, 4.69) is 16.9 Å². The lowest BCUT2D eigenvalue weighted by molar-refractivity contribution is 0.0697. The van der Waals surface area contributed by atoms with E-state index in [4.69, 9.17) is 5.11 Å². The van der Waals surface area contributed by atoms with Crippen LogP contribution in [0.15, 0.2) is 24.5 Å². The first-order valence-electron chi connectivity index (χ1n) is 6.53. The topological polar surface area (TPSA) is 58.4 Å². The van der Waals surface area contributed by atoms with Crippen molar-refractivity contribution >= 4 is 17.0 Å². The van der Waals surface area contributed by atoms with Crippen LogP contribution < -0.4 is 0 Å². The molecular weight excluding hydrogens is 242 g/mol. The van der Waals surface area contributed by atoms with Crippen LogP contribution in [0.25, 0.3) is 11.0 Å². The van der Waals surface area contributed by atoms with Crippen LogP contribution in [0, 0.1) is 0 Å². The maximum atomic E-state index is 11.0. The maximum Gasteiger partial charge on any atom is 0.335 e. The fourth-order valence-corrected chi connectivity index (χ4v) is 2.33. The molecule has 1 heterocycles. The van der Waals surface area contributed by atoms with Crippen molar-refractivity contribution in [1.82, 2.24) is 14.5 Å². The van der Waals surface area contributed by atoms with Crippen molar-refractivity contribution in [3.8, 4) is 0 Å². The van der Waals surface area contributed by atoms with Crippen molar-refractivity contribution in [2.75, 3.05) is 13.6 Å². The summed E-state index contributed by atoms with van der Waals surface area (Å²) >= 11 is 0. The van der Waals surface area contributed by atoms with E-state index >= 15 is 0 Å². The summed E-state index contributed by atoms with van der Waals surface area (Å²) in [5, 5.41) is 9.03. The zero-order valence-corrected chi connectivity index (χ0v) is 10.9. The van der Waals surface area contributed by atoms with Crippen LogP contribution in [0.2, 0.25) is 0 Å². The van der Waals surface area contributed by atoms with E-state index < -0.39 is 5.97 Å². The fourth-order valence-electron chi connectivity index (χ4n) is 2.33. The molecule has 0 saturated heterocycles. The normalized spacial score (nSPS) is 15.3. The maximum absolute atomic E-state index is 11.0. The summed E-state index contributed by atoms with van der Waals surface area (Å²) in [5.41, 5.74) is 2.05. The quantitative estimate of drug-likeness (QED) is 0.890. The Bertz CT molecular complexity index is 616. The SMILES string of the molecule is CN(CCn1cnc2ccc(C(=O)O)cc21)C1CC1. The number of carboxylic acid groups (broad SMARTS) is 1. The van der Waals surface area contributed by atoms with E-state index in [9.17, 15) is 4.79 Å². The van der Waals surface area contributed by atoms with Crippen LogP contribution in [0.3, 0.4) is 0 Å². The monoisotopic (exact) mass is 259 g/mol. The third-order valence-corrected chi connectivity index (χ3v) is 3.73. The van der Waals surface area contributed by atoms with E-state index in [1.807, 2.05) is 4.57 Å². The summed E-state index contributed by atoms with van der Waals surface area (Å²) in [4.78, 5) is 17.7. The van der Waals surface area contributed by atoms with Gasteiger partial charge in [0.2, 0.25) is 0 Å². The summed E-state index contributed by atoms with van der Waals surface area (Å²) in [7, 11) is 2.14. The molecule has 100 valence electrons. The molecule has 0 amide bonds. The molecule has 1 aromatic heterocycles. The Morgan fingerprint density at radius 1 is 1.53 bits per heavy atom. The zero-order valence-electron chi connectivity index (χ0n) is 10.9. The molecule has 1 fully saturated rings. The molecule has 0 unspecified atom stereocenters. The summed E-state index contributed by atoms with van der Waals surface area (Å²) in [6.07, 6.45) is 4.38. The second kappa shape index (κ2) is 4.66. The van der Waals surface area contributed by atoms with Gasteiger partial charge in [0.25, 0.3) is 0 Å². The lowest BCUT2D eigenvalue weighted by Gasteiger charge is -2.15. The highest BCUT2D eigenvalue weighted by atomic mass is 16.4. The highest BCUT2D eigenvalue weighted by Crippen LogP contribution is 2.25. The van der Waals surface area contributed by atoms with Crippen LogP contribution in [0.4, 0.5) is 0 Å². The molecule has 19 heavy (non-hydrogen) atoms. The standard InChI is InChI=1S/C14H17N3O2/c1-16(11-3-4-11)6-7-17-9-15-12-5-2-10(14(18)19)8-13(12)17/h2,5,8-9,11H,3-4,6-7H2,1H3,(H,18,19). The number of benzene rings is 1. The Morgan fingerprint density at radius 3 is 3.00 bits per heavy atom. The molecule has 2 aromatic rings. The van der Waals surface area contributed by atoms with Crippen molar-refractivity contribution in [3.63, 3.8) is 0 Å². The number of hydrogen-bond acceptors (Lipinski definition) is 3. The highest BCUT2D eigenvalue weighted by molar-refractivity contribution is 5.92. The van der Waals surface area contributed by atoms with Crippen molar-refractivity contribution in [2.45, 2.75) is 25.4 Å². The number of aromatic carboxylic acids is 1. The third-order valence-electron chi connectivity index (χ3n) is 3.73.